The van der Waals surface area contributed by atoms with E-state index in [1.807, 2.05) is 0 Å². The first-order chi connectivity index (χ1) is 6.52. The van der Waals surface area contributed by atoms with E-state index in [-0.39, 0.29) is 5.56 Å². The summed E-state index contributed by atoms with van der Waals surface area (Å²) >= 11 is 0. The standard InChI is InChI=1S/C9H10FNO3/c1-6(11(13)14)9(12)7-3-2-4-8(10)5-7/h2-6,9,12H,1H3/t6-,9+/m1/s1. The molecule has 1 N–H and O–H groups in total. The quantitative estimate of drug-likeness (QED) is 0.593. The van der Waals surface area contributed by atoms with Crippen molar-refractivity contribution in [1.82, 2.24) is 0 Å². The molecule has 1 rings (SSSR count). The highest BCUT2D eigenvalue weighted by Gasteiger charge is 2.25. The van der Waals surface area contributed by atoms with Crippen molar-refractivity contribution < 1.29 is 14.4 Å². The summed E-state index contributed by atoms with van der Waals surface area (Å²) in [5.74, 6) is -0.517. The van der Waals surface area contributed by atoms with E-state index in [2.05, 4.69) is 0 Å². The zero-order chi connectivity index (χ0) is 10.7. The average molecular weight is 199 g/mol. The highest BCUT2D eigenvalue weighted by molar-refractivity contribution is 5.19. The predicted molar refractivity (Wildman–Crippen MR) is 47.8 cm³/mol. The molecule has 0 saturated heterocycles. The van der Waals surface area contributed by atoms with Gasteiger partial charge in [0.2, 0.25) is 6.04 Å². The van der Waals surface area contributed by atoms with Crippen LogP contribution in [0, 0.1) is 15.9 Å². The van der Waals surface area contributed by atoms with E-state index in [1.165, 1.54) is 25.1 Å². The molecule has 0 aliphatic rings. The third kappa shape index (κ3) is 2.26. The number of aliphatic hydroxyl groups is 1. The second-order valence-corrected chi connectivity index (χ2v) is 3.03. The average Bonchev–Trinajstić information content (AvgIpc) is 2.15. The topological polar surface area (TPSA) is 63.4 Å². The summed E-state index contributed by atoms with van der Waals surface area (Å²) in [5, 5.41) is 19.8. The normalized spacial score (nSPS) is 14.8. The molecule has 2 atom stereocenters. The van der Waals surface area contributed by atoms with Crippen molar-refractivity contribution in [2.45, 2.75) is 19.1 Å². The Morgan fingerprint density at radius 2 is 2.21 bits per heavy atom. The van der Waals surface area contributed by atoms with Crippen LogP contribution >= 0.6 is 0 Å². The summed E-state index contributed by atoms with van der Waals surface area (Å²) in [6, 6.07) is 4.02. The molecular formula is C9H10FNO3. The van der Waals surface area contributed by atoms with Gasteiger partial charge in [-0.15, -0.1) is 0 Å². The second-order valence-electron chi connectivity index (χ2n) is 3.03. The van der Waals surface area contributed by atoms with Crippen LogP contribution in [-0.4, -0.2) is 16.1 Å². The van der Waals surface area contributed by atoms with E-state index in [1.54, 1.807) is 0 Å². The zero-order valence-electron chi connectivity index (χ0n) is 7.55. The predicted octanol–water partition coefficient (Wildman–Crippen LogP) is 1.52. The Bertz CT molecular complexity index is 343. The molecule has 0 fully saturated rings. The van der Waals surface area contributed by atoms with Gasteiger partial charge >= 0.3 is 0 Å². The van der Waals surface area contributed by atoms with Crippen molar-refractivity contribution in [2.75, 3.05) is 0 Å². The van der Waals surface area contributed by atoms with Gasteiger partial charge < -0.3 is 5.11 Å². The Morgan fingerprint density at radius 3 is 2.71 bits per heavy atom. The molecule has 5 heteroatoms. The first-order valence-corrected chi connectivity index (χ1v) is 4.09. The smallest absolute Gasteiger partial charge is 0.239 e. The molecular weight excluding hydrogens is 189 g/mol. The molecule has 0 bridgehead atoms. The fraction of sp³-hybridized carbons (Fsp3) is 0.333. The van der Waals surface area contributed by atoms with Crippen LogP contribution < -0.4 is 0 Å². The second kappa shape index (κ2) is 4.15. The third-order valence-electron chi connectivity index (χ3n) is 1.98. The molecule has 1 aromatic carbocycles. The van der Waals surface area contributed by atoms with Crippen molar-refractivity contribution in [1.29, 1.82) is 0 Å². The van der Waals surface area contributed by atoms with Gasteiger partial charge in [0.05, 0.1) is 0 Å². The maximum absolute atomic E-state index is 12.7. The van der Waals surface area contributed by atoms with Crippen LogP contribution in [0.2, 0.25) is 0 Å². The van der Waals surface area contributed by atoms with Crippen molar-refractivity contribution in [3.63, 3.8) is 0 Å². The summed E-state index contributed by atoms with van der Waals surface area (Å²) in [7, 11) is 0. The number of halogens is 1. The molecule has 0 heterocycles. The maximum atomic E-state index is 12.7. The number of aliphatic hydroxyl groups excluding tert-OH is 1. The molecule has 0 aliphatic heterocycles. The van der Waals surface area contributed by atoms with E-state index in [0.29, 0.717) is 0 Å². The van der Waals surface area contributed by atoms with Crippen molar-refractivity contribution in [3.05, 3.63) is 45.8 Å². The molecule has 0 amide bonds. The lowest BCUT2D eigenvalue weighted by molar-refractivity contribution is -0.531. The van der Waals surface area contributed by atoms with Gasteiger partial charge in [-0.05, 0) is 17.7 Å². The Morgan fingerprint density at radius 1 is 1.57 bits per heavy atom. The minimum Gasteiger partial charge on any atom is -0.381 e. The first-order valence-electron chi connectivity index (χ1n) is 4.09. The summed E-state index contributed by atoms with van der Waals surface area (Å²) < 4.78 is 12.7. The molecule has 0 saturated carbocycles. The van der Waals surface area contributed by atoms with Crippen molar-refractivity contribution in [3.8, 4) is 0 Å². The molecule has 0 aliphatic carbocycles. The van der Waals surface area contributed by atoms with Crippen LogP contribution in [-0.2, 0) is 0 Å². The van der Waals surface area contributed by atoms with E-state index in [9.17, 15) is 19.6 Å². The molecule has 4 nitrogen and oxygen atoms in total. The maximum Gasteiger partial charge on any atom is 0.239 e. The molecule has 14 heavy (non-hydrogen) atoms. The van der Waals surface area contributed by atoms with Crippen LogP contribution in [0.1, 0.15) is 18.6 Å². The van der Waals surface area contributed by atoms with Gasteiger partial charge in [0, 0.05) is 11.8 Å². The molecule has 0 aromatic heterocycles. The van der Waals surface area contributed by atoms with E-state index in [4.69, 9.17) is 0 Å². The Kier molecular flexibility index (Phi) is 3.14. The van der Waals surface area contributed by atoms with Crippen molar-refractivity contribution in [2.24, 2.45) is 0 Å². The molecule has 76 valence electrons. The molecule has 0 unspecified atom stereocenters. The highest BCUT2D eigenvalue weighted by Crippen LogP contribution is 2.18. The van der Waals surface area contributed by atoms with E-state index in [0.717, 1.165) is 6.07 Å². The van der Waals surface area contributed by atoms with Gasteiger partial charge in [0.25, 0.3) is 0 Å². The number of benzene rings is 1. The molecule has 1 aromatic rings. The van der Waals surface area contributed by atoms with Crippen LogP contribution in [0.3, 0.4) is 0 Å². The van der Waals surface area contributed by atoms with Gasteiger partial charge in [-0.3, -0.25) is 10.1 Å². The Hall–Kier alpha value is -1.49. The van der Waals surface area contributed by atoms with Crippen LogP contribution in [0.15, 0.2) is 24.3 Å². The monoisotopic (exact) mass is 199 g/mol. The Balaban J connectivity index is 2.89. The third-order valence-corrected chi connectivity index (χ3v) is 1.98. The SMILES string of the molecule is C[C@H]([C@H](O)c1cccc(F)c1)[N+](=O)[O-]. The summed E-state index contributed by atoms with van der Waals surface area (Å²) in [6.07, 6.45) is -1.28. The number of hydrogen-bond acceptors (Lipinski definition) is 3. The highest BCUT2D eigenvalue weighted by atomic mass is 19.1. The fourth-order valence-corrected chi connectivity index (χ4v) is 1.08. The summed E-state index contributed by atoms with van der Waals surface area (Å²) in [4.78, 5) is 9.75. The lowest BCUT2D eigenvalue weighted by atomic mass is 10.0. The van der Waals surface area contributed by atoms with Gasteiger partial charge in [-0.25, -0.2) is 4.39 Å². The number of nitro groups is 1. The number of nitrogens with zero attached hydrogens (tertiary/aromatic N) is 1. The first kappa shape index (κ1) is 10.6. The number of rotatable bonds is 3. The van der Waals surface area contributed by atoms with Crippen molar-refractivity contribution >= 4 is 0 Å². The molecule has 0 spiro atoms. The summed E-state index contributed by atoms with van der Waals surface area (Å²) in [6.45, 7) is 1.27. The van der Waals surface area contributed by atoms with Crippen LogP contribution in [0.5, 0.6) is 0 Å². The van der Waals surface area contributed by atoms with Gasteiger partial charge in [0.15, 0.2) is 0 Å². The summed E-state index contributed by atoms with van der Waals surface area (Å²) in [5.41, 5.74) is 0.217. The van der Waals surface area contributed by atoms with Crippen LogP contribution in [0.4, 0.5) is 4.39 Å². The Labute approximate surface area is 80.1 Å². The fourth-order valence-electron chi connectivity index (χ4n) is 1.08. The number of hydrogen-bond donors (Lipinski definition) is 1. The minimum atomic E-state index is -1.28. The van der Waals surface area contributed by atoms with Gasteiger partial charge in [-0.2, -0.15) is 0 Å². The lowest BCUT2D eigenvalue weighted by Gasteiger charge is -2.12. The van der Waals surface area contributed by atoms with E-state index >= 15 is 0 Å². The molecule has 0 radical (unpaired) electrons. The van der Waals surface area contributed by atoms with E-state index < -0.39 is 22.9 Å². The van der Waals surface area contributed by atoms with Gasteiger partial charge in [-0.1, -0.05) is 12.1 Å². The lowest BCUT2D eigenvalue weighted by Crippen LogP contribution is -2.23. The van der Waals surface area contributed by atoms with Crippen LogP contribution in [0.25, 0.3) is 0 Å². The zero-order valence-corrected chi connectivity index (χ0v) is 7.55. The largest absolute Gasteiger partial charge is 0.381 e. The minimum absolute atomic E-state index is 0.217. The van der Waals surface area contributed by atoms with Gasteiger partial charge in [0.1, 0.15) is 11.9 Å².